The molecule has 1 N–H and O–H groups in total. The molecule has 56 valence electrons. The summed E-state index contributed by atoms with van der Waals surface area (Å²) in [5, 5.41) is 8.53. The number of carbonyl (C=O) groups is 1. The molecule has 0 saturated heterocycles. The van der Waals surface area contributed by atoms with Crippen molar-refractivity contribution in [2.24, 2.45) is 0 Å². The molecule has 1 rings (SSSR count). The quantitative estimate of drug-likeness (QED) is 0.622. The zero-order valence-electron chi connectivity index (χ0n) is 6.18. The van der Waals surface area contributed by atoms with E-state index in [2.05, 4.69) is 0 Å². The standard InChI is InChI=1S/C8H12O2/c1-6-3-2-4-7(6)8(10)5-9/h9H,2-5H2,1H3. The van der Waals surface area contributed by atoms with Gasteiger partial charge in [-0.05, 0) is 31.8 Å². The van der Waals surface area contributed by atoms with Crippen molar-refractivity contribution in [1.82, 2.24) is 0 Å². The highest BCUT2D eigenvalue weighted by atomic mass is 16.3. The fourth-order valence-electron chi connectivity index (χ4n) is 1.37. The van der Waals surface area contributed by atoms with Gasteiger partial charge in [-0.15, -0.1) is 0 Å². The highest BCUT2D eigenvalue weighted by molar-refractivity contribution is 5.97. The summed E-state index contributed by atoms with van der Waals surface area (Å²) in [7, 11) is 0. The third-order valence-corrected chi connectivity index (χ3v) is 1.97. The van der Waals surface area contributed by atoms with Crippen LogP contribution in [-0.4, -0.2) is 17.5 Å². The molecule has 0 atom stereocenters. The van der Waals surface area contributed by atoms with Gasteiger partial charge in [0, 0.05) is 0 Å². The number of ketones is 1. The second-order valence-corrected chi connectivity index (χ2v) is 2.69. The first-order valence-electron chi connectivity index (χ1n) is 3.58. The van der Waals surface area contributed by atoms with E-state index >= 15 is 0 Å². The molecule has 1 aliphatic carbocycles. The number of carbonyl (C=O) groups excluding carboxylic acids is 1. The van der Waals surface area contributed by atoms with Gasteiger partial charge in [-0.3, -0.25) is 4.79 Å². The molecule has 0 amide bonds. The molecular formula is C8H12O2. The van der Waals surface area contributed by atoms with Crippen LogP contribution in [0.1, 0.15) is 26.2 Å². The first-order chi connectivity index (χ1) is 4.75. The Morgan fingerprint density at radius 2 is 2.30 bits per heavy atom. The maximum atomic E-state index is 10.9. The first-order valence-corrected chi connectivity index (χ1v) is 3.58. The van der Waals surface area contributed by atoms with E-state index < -0.39 is 0 Å². The minimum Gasteiger partial charge on any atom is -0.388 e. The molecule has 2 nitrogen and oxygen atoms in total. The molecule has 0 heterocycles. The molecule has 10 heavy (non-hydrogen) atoms. The van der Waals surface area contributed by atoms with Gasteiger partial charge >= 0.3 is 0 Å². The number of hydrogen-bond acceptors (Lipinski definition) is 2. The first kappa shape index (κ1) is 7.48. The summed E-state index contributed by atoms with van der Waals surface area (Å²) in [4.78, 5) is 10.9. The van der Waals surface area contributed by atoms with Crippen molar-refractivity contribution in [2.45, 2.75) is 26.2 Å². The summed E-state index contributed by atoms with van der Waals surface area (Å²) in [6.45, 7) is 1.64. The van der Waals surface area contributed by atoms with Crippen LogP contribution in [0.25, 0.3) is 0 Å². The molecule has 0 aromatic heterocycles. The smallest absolute Gasteiger partial charge is 0.184 e. The second kappa shape index (κ2) is 2.97. The van der Waals surface area contributed by atoms with Crippen LogP contribution >= 0.6 is 0 Å². The Hall–Kier alpha value is -0.630. The molecular weight excluding hydrogens is 128 g/mol. The second-order valence-electron chi connectivity index (χ2n) is 2.69. The lowest BCUT2D eigenvalue weighted by molar-refractivity contribution is -0.118. The van der Waals surface area contributed by atoms with E-state index in [0.29, 0.717) is 0 Å². The maximum absolute atomic E-state index is 10.9. The van der Waals surface area contributed by atoms with E-state index in [1.807, 2.05) is 6.92 Å². The van der Waals surface area contributed by atoms with E-state index in [-0.39, 0.29) is 12.4 Å². The lowest BCUT2D eigenvalue weighted by atomic mass is 10.1. The van der Waals surface area contributed by atoms with Crippen LogP contribution < -0.4 is 0 Å². The summed E-state index contributed by atoms with van der Waals surface area (Å²) in [6.07, 6.45) is 2.97. The Balaban J connectivity index is 2.71. The number of aliphatic hydroxyl groups is 1. The number of allylic oxidation sites excluding steroid dienone is 1. The van der Waals surface area contributed by atoms with E-state index in [9.17, 15) is 4.79 Å². The fourth-order valence-corrected chi connectivity index (χ4v) is 1.37. The predicted molar refractivity (Wildman–Crippen MR) is 38.6 cm³/mol. The monoisotopic (exact) mass is 140 g/mol. The normalized spacial score (nSPS) is 18.2. The molecule has 0 aromatic carbocycles. The molecule has 0 radical (unpaired) electrons. The van der Waals surface area contributed by atoms with E-state index in [1.165, 1.54) is 5.57 Å². The Bertz CT molecular complexity index is 180. The van der Waals surface area contributed by atoms with Crippen LogP contribution in [0.3, 0.4) is 0 Å². The van der Waals surface area contributed by atoms with E-state index in [0.717, 1.165) is 24.8 Å². The van der Waals surface area contributed by atoms with Crippen LogP contribution in [0, 0.1) is 0 Å². The Morgan fingerprint density at radius 3 is 2.70 bits per heavy atom. The van der Waals surface area contributed by atoms with Crippen molar-refractivity contribution < 1.29 is 9.90 Å². The summed E-state index contributed by atoms with van der Waals surface area (Å²) >= 11 is 0. The van der Waals surface area contributed by atoms with Gasteiger partial charge in [0.25, 0.3) is 0 Å². The highest BCUT2D eigenvalue weighted by Crippen LogP contribution is 2.25. The average Bonchev–Trinajstić information content (AvgIpc) is 2.34. The van der Waals surface area contributed by atoms with Gasteiger partial charge < -0.3 is 5.11 Å². The molecule has 0 aliphatic heterocycles. The number of Topliss-reactive ketones (excluding diaryl/α,β-unsaturated/α-hetero) is 1. The van der Waals surface area contributed by atoms with Gasteiger partial charge in [0.05, 0.1) is 0 Å². The molecule has 2 heteroatoms. The fraction of sp³-hybridized carbons (Fsp3) is 0.625. The van der Waals surface area contributed by atoms with Crippen molar-refractivity contribution in [2.75, 3.05) is 6.61 Å². The molecule has 0 saturated carbocycles. The summed E-state index contributed by atoms with van der Waals surface area (Å²) in [5.74, 6) is -0.0880. The van der Waals surface area contributed by atoms with Crippen LogP contribution in [-0.2, 0) is 4.79 Å². The Kier molecular flexibility index (Phi) is 2.22. The van der Waals surface area contributed by atoms with Crippen LogP contribution in [0.5, 0.6) is 0 Å². The van der Waals surface area contributed by atoms with Crippen molar-refractivity contribution in [3.05, 3.63) is 11.1 Å². The third kappa shape index (κ3) is 1.27. The van der Waals surface area contributed by atoms with Crippen LogP contribution in [0.4, 0.5) is 0 Å². The van der Waals surface area contributed by atoms with Crippen molar-refractivity contribution in [1.29, 1.82) is 0 Å². The van der Waals surface area contributed by atoms with Crippen molar-refractivity contribution in [3.63, 3.8) is 0 Å². The molecule has 0 unspecified atom stereocenters. The van der Waals surface area contributed by atoms with Crippen molar-refractivity contribution in [3.8, 4) is 0 Å². The van der Waals surface area contributed by atoms with Crippen LogP contribution in [0.2, 0.25) is 0 Å². The van der Waals surface area contributed by atoms with Gasteiger partial charge in [-0.1, -0.05) is 5.57 Å². The lowest BCUT2D eigenvalue weighted by Gasteiger charge is -1.97. The molecule has 0 spiro atoms. The van der Waals surface area contributed by atoms with Gasteiger partial charge in [-0.25, -0.2) is 0 Å². The van der Waals surface area contributed by atoms with E-state index in [1.54, 1.807) is 0 Å². The number of hydrogen-bond donors (Lipinski definition) is 1. The lowest BCUT2D eigenvalue weighted by Crippen LogP contribution is -2.06. The topological polar surface area (TPSA) is 37.3 Å². The van der Waals surface area contributed by atoms with Gasteiger partial charge in [0.1, 0.15) is 6.61 Å². The van der Waals surface area contributed by atoms with Gasteiger partial charge in [-0.2, -0.15) is 0 Å². The predicted octanol–water partition coefficient (Wildman–Crippen LogP) is 1.05. The summed E-state index contributed by atoms with van der Waals surface area (Å²) in [5.41, 5.74) is 2.03. The maximum Gasteiger partial charge on any atom is 0.184 e. The highest BCUT2D eigenvalue weighted by Gasteiger charge is 2.16. The van der Waals surface area contributed by atoms with Gasteiger partial charge in [0.2, 0.25) is 0 Å². The third-order valence-electron chi connectivity index (χ3n) is 1.97. The molecule has 0 fully saturated rings. The van der Waals surface area contributed by atoms with Gasteiger partial charge in [0.15, 0.2) is 5.78 Å². The number of rotatable bonds is 2. The zero-order chi connectivity index (χ0) is 7.56. The molecule has 0 aromatic rings. The number of aliphatic hydroxyl groups excluding tert-OH is 1. The molecule has 0 bridgehead atoms. The van der Waals surface area contributed by atoms with E-state index in [4.69, 9.17) is 5.11 Å². The SMILES string of the molecule is CC1=C(C(=O)CO)CCC1. The summed E-state index contributed by atoms with van der Waals surface area (Å²) < 4.78 is 0. The average molecular weight is 140 g/mol. The minimum atomic E-state index is -0.327. The largest absolute Gasteiger partial charge is 0.388 e. The summed E-state index contributed by atoms with van der Waals surface area (Å²) in [6, 6.07) is 0. The molecule has 1 aliphatic rings. The minimum absolute atomic E-state index is 0.0880. The Labute approximate surface area is 60.6 Å². The zero-order valence-corrected chi connectivity index (χ0v) is 6.18. The van der Waals surface area contributed by atoms with Crippen LogP contribution in [0.15, 0.2) is 11.1 Å². The van der Waals surface area contributed by atoms with Crippen molar-refractivity contribution >= 4 is 5.78 Å². The Morgan fingerprint density at radius 1 is 1.60 bits per heavy atom.